The summed E-state index contributed by atoms with van der Waals surface area (Å²) >= 11 is 0. The van der Waals surface area contributed by atoms with E-state index in [9.17, 15) is 4.39 Å². The molecule has 1 heterocycles. The number of pyridine rings is 1. The summed E-state index contributed by atoms with van der Waals surface area (Å²) < 4.78 is 13.0. The molecule has 0 amide bonds. The first-order chi connectivity index (χ1) is 8.74. The van der Waals surface area contributed by atoms with Gasteiger partial charge in [-0.15, -0.1) is 0 Å². The van der Waals surface area contributed by atoms with Gasteiger partial charge in [0.25, 0.3) is 0 Å². The first kappa shape index (κ1) is 12.6. The van der Waals surface area contributed by atoms with Gasteiger partial charge in [0.15, 0.2) is 0 Å². The number of hydrogen-bond acceptors (Lipinski definition) is 2. The van der Waals surface area contributed by atoms with Crippen LogP contribution in [0.25, 0.3) is 0 Å². The van der Waals surface area contributed by atoms with E-state index in [1.165, 1.54) is 6.07 Å². The normalized spacial score (nSPS) is 10.3. The maximum absolute atomic E-state index is 13.0. The van der Waals surface area contributed by atoms with Crippen molar-refractivity contribution in [1.82, 2.24) is 4.98 Å². The minimum atomic E-state index is -0.166. The van der Waals surface area contributed by atoms with Gasteiger partial charge in [-0.2, -0.15) is 0 Å². The molecule has 2 aromatic rings. The fourth-order valence-corrected chi connectivity index (χ4v) is 1.84. The van der Waals surface area contributed by atoms with Gasteiger partial charge in [-0.3, -0.25) is 0 Å². The van der Waals surface area contributed by atoms with Gasteiger partial charge in [0, 0.05) is 12.2 Å². The maximum atomic E-state index is 13.0. The summed E-state index contributed by atoms with van der Waals surface area (Å²) in [6.45, 7) is 2.81. The number of benzene rings is 1. The molecule has 0 saturated carbocycles. The lowest BCUT2D eigenvalue weighted by atomic mass is 10.1. The molecular weight excluding hydrogens is 227 g/mol. The predicted molar refractivity (Wildman–Crippen MR) is 72.2 cm³/mol. The number of aryl methyl sites for hydroxylation is 2. The third-order valence-electron chi connectivity index (χ3n) is 2.73. The zero-order valence-corrected chi connectivity index (χ0v) is 10.5. The van der Waals surface area contributed by atoms with Crippen molar-refractivity contribution in [3.8, 4) is 0 Å². The molecule has 2 nitrogen and oxygen atoms in total. The van der Waals surface area contributed by atoms with Gasteiger partial charge in [-0.05, 0) is 49.6 Å². The minimum Gasteiger partial charge on any atom is -0.370 e. The number of hydrogen-bond donors (Lipinski definition) is 1. The quantitative estimate of drug-likeness (QED) is 0.813. The number of nitrogens with one attached hydrogen (secondary N) is 1. The topological polar surface area (TPSA) is 24.9 Å². The fourth-order valence-electron chi connectivity index (χ4n) is 1.84. The standard InChI is InChI=1S/C15H17FN2/c1-12-5-2-9-15(18-12)17-10-4-7-13-6-3-8-14(16)11-13/h2-3,5-6,8-9,11H,4,7,10H2,1H3,(H,17,18). The molecule has 1 aromatic carbocycles. The molecule has 0 aliphatic rings. The van der Waals surface area contributed by atoms with Crippen LogP contribution < -0.4 is 5.32 Å². The van der Waals surface area contributed by atoms with Crippen LogP contribution in [0, 0.1) is 12.7 Å². The van der Waals surface area contributed by atoms with Gasteiger partial charge < -0.3 is 5.32 Å². The Bertz CT molecular complexity index is 464. The molecule has 0 atom stereocenters. The number of aromatic nitrogens is 1. The minimum absolute atomic E-state index is 0.166. The summed E-state index contributed by atoms with van der Waals surface area (Å²) in [5.74, 6) is 0.732. The van der Waals surface area contributed by atoms with Crippen molar-refractivity contribution < 1.29 is 4.39 Å². The number of anilines is 1. The van der Waals surface area contributed by atoms with Crippen LogP contribution >= 0.6 is 0 Å². The molecule has 2 rings (SSSR count). The molecule has 0 spiro atoms. The summed E-state index contributed by atoms with van der Waals surface area (Å²) in [4.78, 5) is 4.36. The van der Waals surface area contributed by atoms with Crippen LogP contribution in [0.3, 0.4) is 0 Å². The Morgan fingerprint density at radius 3 is 2.78 bits per heavy atom. The van der Waals surface area contributed by atoms with Crippen LogP contribution in [-0.2, 0) is 6.42 Å². The molecular formula is C15H17FN2. The Morgan fingerprint density at radius 1 is 1.17 bits per heavy atom. The van der Waals surface area contributed by atoms with Crippen LogP contribution in [0.5, 0.6) is 0 Å². The largest absolute Gasteiger partial charge is 0.370 e. The molecule has 0 fully saturated rings. The summed E-state index contributed by atoms with van der Waals surface area (Å²) in [5.41, 5.74) is 2.04. The first-order valence-electron chi connectivity index (χ1n) is 6.16. The lowest BCUT2D eigenvalue weighted by Gasteiger charge is -2.06. The highest BCUT2D eigenvalue weighted by atomic mass is 19.1. The van der Waals surface area contributed by atoms with Crippen molar-refractivity contribution in [2.24, 2.45) is 0 Å². The van der Waals surface area contributed by atoms with Crippen LogP contribution in [0.2, 0.25) is 0 Å². The lowest BCUT2D eigenvalue weighted by molar-refractivity contribution is 0.624. The van der Waals surface area contributed by atoms with E-state index in [0.717, 1.165) is 36.5 Å². The van der Waals surface area contributed by atoms with Crippen molar-refractivity contribution in [1.29, 1.82) is 0 Å². The molecule has 0 aliphatic carbocycles. The second kappa shape index (κ2) is 6.15. The van der Waals surface area contributed by atoms with Crippen LogP contribution in [0.4, 0.5) is 10.2 Å². The van der Waals surface area contributed by atoms with Crippen LogP contribution in [0.15, 0.2) is 42.5 Å². The monoisotopic (exact) mass is 244 g/mol. The van der Waals surface area contributed by atoms with E-state index in [1.54, 1.807) is 12.1 Å². The first-order valence-corrected chi connectivity index (χ1v) is 6.16. The van der Waals surface area contributed by atoms with Crippen molar-refractivity contribution in [3.05, 3.63) is 59.5 Å². The number of rotatable bonds is 5. The van der Waals surface area contributed by atoms with Gasteiger partial charge in [0.2, 0.25) is 0 Å². The Kier molecular flexibility index (Phi) is 4.29. The summed E-state index contributed by atoms with van der Waals surface area (Å²) in [6, 6.07) is 12.7. The lowest BCUT2D eigenvalue weighted by Crippen LogP contribution is -2.04. The molecule has 3 heteroatoms. The summed E-state index contributed by atoms with van der Waals surface area (Å²) in [6.07, 6.45) is 1.83. The van der Waals surface area contributed by atoms with Crippen molar-refractivity contribution in [3.63, 3.8) is 0 Å². The van der Waals surface area contributed by atoms with E-state index in [1.807, 2.05) is 31.2 Å². The van der Waals surface area contributed by atoms with Crippen molar-refractivity contribution >= 4 is 5.82 Å². The molecule has 1 N–H and O–H groups in total. The smallest absolute Gasteiger partial charge is 0.126 e. The highest BCUT2D eigenvalue weighted by Crippen LogP contribution is 2.07. The molecule has 0 radical (unpaired) electrons. The molecule has 94 valence electrons. The maximum Gasteiger partial charge on any atom is 0.126 e. The highest BCUT2D eigenvalue weighted by molar-refractivity contribution is 5.34. The Hall–Kier alpha value is -1.90. The average Bonchev–Trinajstić information content (AvgIpc) is 2.35. The predicted octanol–water partition coefficient (Wildman–Crippen LogP) is 3.57. The SMILES string of the molecule is Cc1cccc(NCCCc2cccc(F)c2)n1. The van der Waals surface area contributed by atoms with E-state index in [-0.39, 0.29) is 5.82 Å². The molecule has 0 unspecified atom stereocenters. The second-order valence-corrected chi connectivity index (χ2v) is 4.32. The van der Waals surface area contributed by atoms with E-state index in [2.05, 4.69) is 10.3 Å². The van der Waals surface area contributed by atoms with E-state index in [0.29, 0.717) is 0 Å². The molecule has 0 saturated heterocycles. The van der Waals surface area contributed by atoms with Gasteiger partial charge in [0.05, 0.1) is 0 Å². The van der Waals surface area contributed by atoms with Crippen LogP contribution in [-0.4, -0.2) is 11.5 Å². The number of nitrogens with zero attached hydrogens (tertiary/aromatic N) is 1. The molecule has 0 aliphatic heterocycles. The third-order valence-corrected chi connectivity index (χ3v) is 2.73. The molecule has 18 heavy (non-hydrogen) atoms. The Balaban J connectivity index is 1.76. The van der Waals surface area contributed by atoms with E-state index < -0.39 is 0 Å². The van der Waals surface area contributed by atoms with E-state index >= 15 is 0 Å². The van der Waals surface area contributed by atoms with Gasteiger partial charge in [0.1, 0.15) is 11.6 Å². The summed E-state index contributed by atoms with van der Waals surface area (Å²) in [7, 11) is 0. The summed E-state index contributed by atoms with van der Waals surface area (Å²) in [5, 5.41) is 3.27. The Labute approximate surface area is 107 Å². The zero-order valence-electron chi connectivity index (χ0n) is 10.5. The van der Waals surface area contributed by atoms with E-state index in [4.69, 9.17) is 0 Å². The zero-order chi connectivity index (χ0) is 12.8. The number of halogens is 1. The second-order valence-electron chi connectivity index (χ2n) is 4.32. The average molecular weight is 244 g/mol. The third kappa shape index (κ3) is 3.84. The van der Waals surface area contributed by atoms with Gasteiger partial charge in [-0.1, -0.05) is 18.2 Å². The van der Waals surface area contributed by atoms with Gasteiger partial charge >= 0.3 is 0 Å². The van der Waals surface area contributed by atoms with Crippen molar-refractivity contribution in [2.45, 2.75) is 19.8 Å². The highest BCUT2D eigenvalue weighted by Gasteiger charge is 1.97. The molecule has 1 aromatic heterocycles. The van der Waals surface area contributed by atoms with Crippen molar-refractivity contribution in [2.75, 3.05) is 11.9 Å². The van der Waals surface area contributed by atoms with Crippen LogP contribution in [0.1, 0.15) is 17.7 Å². The Morgan fingerprint density at radius 2 is 2.00 bits per heavy atom. The fraction of sp³-hybridized carbons (Fsp3) is 0.267. The molecule has 0 bridgehead atoms. The van der Waals surface area contributed by atoms with Gasteiger partial charge in [-0.25, -0.2) is 9.37 Å².